The van der Waals surface area contributed by atoms with Crippen LogP contribution in [0.2, 0.25) is 0 Å². The summed E-state index contributed by atoms with van der Waals surface area (Å²) >= 11 is 0. The summed E-state index contributed by atoms with van der Waals surface area (Å²) in [5, 5.41) is 35.0. The van der Waals surface area contributed by atoms with Crippen LogP contribution < -0.4 is 14.4 Å². The number of hydrogen-bond donors (Lipinski definition) is 0. The van der Waals surface area contributed by atoms with Crippen LogP contribution in [-0.2, 0) is 0 Å². The Labute approximate surface area is 206 Å². The summed E-state index contributed by atoms with van der Waals surface area (Å²) in [6.45, 7) is 6.29. The molecule has 0 aliphatic carbocycles. The van der Waals surface area contributed by atoms with Crippen molar-refractivity contribution in [3.8, 4) is 11.5 Å². The number of rotatable bonds is 8. The van der Waals surface area contributed by atoms with Gasteiger partial charge in [-0.1, -0.05) is 26.7 Å². The molecule has 4 rings (SSSR count). The molecule has 2 heterocycles. The lowest BCUT2D eigenvalue weighted by Gasteiger charge is -2.46. The first-order valence-corrected chi connectivity index (χ1v) is 11.6. The van der Waals surface area contributed by atoms with E-state index in [4.69, 9.17) is 9.47 Å². The number of methoxy groups -OCH3 is 1. The fourth-order valence-corrected chi connectivity index (χ4v) is 5.29. The molecule has 2 aliphatic rings. The molecule has 0 radical (unpaired) electrons. The first kappa shape index (κ1) is 24.9. The molecule has 0 saturated carbocycles. The predicted octanol–water partition coefficient (Wildman–Crippen LogP) is 5.73. The molecular weight excluding hydrogens is 472 g/mol. The summed E-state index contributed by atoms with van der Waals surface area (Å²) in [7, 11) is 1.31. The van der Waals surface area contributed by atoms with Gasteiger partial charge in [-0.3, -0.25) is 30.3 Å². The van der Waals surface area contributed by atoms with Crippen LogP contribution >= 0.6 is 0 Å². The van der Waals surface area contributed by atoms with E-state index < -0.39 is 37.8 Å². The fraction of sp³-hybridized carbons (Fsp3) is 0.417. The van der Waals surface area contributed by atoms with Crippen molar-refractivity contribution in [3.05, 3.63) is 71.3 Å². The Morgan fingerprint density at radius 1 is 1.08 bits per heavy atom. The number of nitrogens with zero attached hydrogens (tertiary/aromatic N) is 4. The minimum atomic E-state index is -1.16. The highest BCUT2D eigenvalue weighted by Gasteiger charge is 2.56. The maximum atomic E-state index is 11.9. The Morgan fingerprint density at radius 2 is 1.81 bits per heavy atom. The quantitative estimate of drug-likeness (QED) is 0.252. The number of unbranched alkanes of at least 4 members (excludes halogenated alkanes) is 2. The molecule has 0 fully saturated rings. The number of nitro groups is 3. The van der Waals surface area contributed by atoms with Crippen LogP contribution in [0.25, 0.3) is 6.08 Å². The topological polar surface area (TPSA) is 151 Å². The molecule has 1 spiro atoms. The number of anilines is 1. The highest BCUT2D eigenvalue weighted by atomic mass is 16.6. The van der Waals surface area contributed by atoms with Crippen molar-refractivity contribution < 1.29 is 24.2 Å². The number of non-ortho nitro benzene ring substituents is 1. The van der Waals surface area contributed by atoms with Gasteiger partial charge in [-0.15, -0.1) is 0 Å². The first-order valence-electron chi connectivity index (χ1n) is 11.6. The summed E-state index contributed by atoms with van der Waals surface area (Å²) in [4.78, 5) is 35.0. The van der Waals surface area contributed by atoms with Gasteiger partial charge < -0.3 is 14.4 Å². The molecule has 2 unspecified atom stereocenters. The molecule has 0 saturated heterocycles. The van der Waals surface area contributed by atoms with Crippen molar-refractivity contribution in [1.29, 1.82) is 0 Å². The molecule has 0 aromatic heterocycles. The lowest BCUT2D eigenvalue weighted by Crippen LogP contribution is -2.55. The Kier molecular flexibility index (Phi) is 6.29. The van der Waals surface area contributed by atoms with Crippen molar-refractivity contribution in [3.63, 3.8) is 0 Å². The minimum absolute atomic E-state index is 0.00642. The summed E-state index contributed by atoms with van der Waals surface area (Å²) in [5.74, 6) is -0.388. The Morgan fingerprint density at radius 3 is 2.39 bits per heavy atom. The van der Waals surface area contributed by atoms with Crippen molar-refractivity contribution >= 4 is 28.8 Å². The van der Waals surface area contributed by atoms with Crippen LogP contribution in [0.5, 0.6) is 11.5 Å². The zero-order valence-corrected chi connectivity index (χ0v) is 20.3. The van der Waals surface area contributed by atoms with E-state index in [1.807, 2.05) is 11.8 Å². The zero-order chi connectivity index (χ0) is 26.4. The number of benzene rings is 2. The van der Waals surface area contributed by atoms with Gasteiger partial charge in [0.2, 0.25) is 5.72 Å². The molecule has 12 nitrogen and oxygen atoms in total. The van der Waals surface area contributed by atoms with Crippen molar-refractivity contribution in [2.24, 2.45) is 0 Å². The van der Waals surface area contributed by atoms with E-state index in [0.29, 0.717) is 17.7 Å². The maximum absolute atomic E-state index is 11.9. The molecule has 0 bridgehead atoms. The molecule has 36 heavy (non-hydrogen) atoms. The Bertz CT molecular complexity index is 1310. The standard InChI is InChI=1S/C24H26N4O8/c1-5-6-7-10-25-19-9-8-16(26(29)30)12-17(19)15(3)24(25)14(2)11-18-22(28(33)34)20(27(31)32)13-21(35-4)23(18)36-24/h8-9,11-13,15H,5-7,10H2,1-4H3. The lowest BCUT2D eigenvalue weighted by molar-refractivity contribution is -0.422. The molecule has 2 aromatic carbocycles. The van der Waals surface area contributed by atoms with Gasteiger partial charge in [0, 0.05) is 30.3 Å². The van der Waals surface area contributed by atoms with E-state index in [0.717, 1.165) is 31.0 Å². The minimum Gasteiger partial charge on any atom is -0.493 e. The van der Waals surface area contributed by atoms with E-state index in [2.05, 4.69) is 6.92 Å². The third-order valence-corrected chi connectivity index (χ3v) is 6.97. The number of hydrogen-bond acceptors (Lipinski definition) is 9. The Hall–Kier alpha value is -4.22. The van der Waals surface area contributed by atoms with Crippen molar-refractivity contribution in [2.45, 2.75) is 51.7 Å². The lowest BCUT2D eigenvalue weighted by atomic mass is 9.85. The molecule has 2 aromatic rings. The second-order valence-electron chi connectivity index (χ2n) is 8.91. The largest absolute Gasteiger partial charge is 0.493 e. The second-order valence-corrected chi connectivity index (χ2v) is 8.91. The molecule has 2 atom stereocenters. The van der Waals surface area contributed by atoms with Crippen LogP contribution in [0, 0.1) is 30.3 Å². The average molecular weight is 498 g/mol. The van der Waals surface area contributed by atoms with E-state index in [1.54, 1.807) is 13.0 Å². The van der Waals surface area contributed by atoms with Crippen molar-refractivity contribution in [1.82, 2.24) is 0 Å². The summed E-state index contributed by atoms with van der Waals surface area (Å²) in [6, 6.07) is 5.68. The molecular formula is C24H26N4O8. The first-order chi connectivity index (χ1) is 17.1. The highest BCUT2D eigenvalue weighted by molar-refractivity contribution is 5.83. The highest BCUT2D eigenvalue weighted by Crippen LogP contribution is 2.58. The van der Waals surface area contributed by atoms with Crippen LogP contribution in [0.1, 0.15) is 57.1 Å². The number of ether oxygens (including phenoxy) is 2. The van der Waals surface area contributed by atoms with Crippen LogP contribution in [0.4, 0.5) is 22.7 Å². The average Bonchev–Trinajstić information content (AvgIpc) is 3.06. The summed E-state index contributed by atoms with van der Waals surface area (Å²) < 4.78 is 12.0. The second kappa shape index (κ2) is 9.10. The normalized spacial score (nSPS) is 19.8. The van der Waals surface area contributed by atoms with Gasteiger partial charge in [-0.2, -0.15) is 0 Å². The van der Waals surface area contributed by atoms with Gasteiger partial charge in [0.25, 0.3) is 5.69 Å². The fourth-order valence-electron chi connectivity index (χ4n) is 5.29. The molecule has 190 valence electrons. The summed E-state index contributed by atoms with van der Waals surface area (Å²) in [6.07, 6.45) is 4.29. The van der Waals surface area contributed by atoms with Gasteiger partial charge >= 0.3 is 11.4 Å². The summed E-state index contributed by atoms with van der Waals surface area (Å²) in [5.41, 5.74) is -0.551. The van der Waals surface area contributed by atoms with Gasteiger partial charge in [-0.25, -0.2) is 0 Å². The molecule has 0 amide bonds. The van der Waals surface area contributed by atoms with E-state index in [-0.39, 0.29) is 22.7 Å². The number of fused-ring (bicyclic) bond motifs is 2. The smallest absolute Gasteiger partial charge is 0.357 e. The SMILES string of the molecule is CCCCCN1c2ccc([N+](=O)[O-])cc2C(C)C12Oc1c(OC)cc([N+](=O)[O-])c([N+](=O)[O-])c1C=C2C. The molecule has 2 aliphatic heterocycles. The third-order valence-electron chi connectivity index (χ3n) is 6.97. The van der Waals surface area contributed by atoms with Gasteiger partial charge in [0.05, 0.1) is 27.9 Å². The monoisotopic (exact) mass is 498 g/mol. The van der Waals surface area contributed by atoms with Gasteiger partial charge in [-0.05, 0) is 36.6 Å². The molecule has 0 N–H and O–H groups in total. The Balaban J connectivity index is 1.96. The molecule has 12 heteroatoms. The van der Waals surface area contributed by atoms with Crippen molar-refractivity contribution in [2.75, 3.05) is 18.6 Å². The van der Waals surface area contributed by atoms with Gasteiger partial charge in [0.1, 0.15) is 5.56 Å². The van der Waals surface area contributed by atoms with Crippen LogP contribution in [0.3, 0.4) is 0 Å². The van der Waals surface area contributed by atoms with Crippen LogP contribution in [0.15, 0.2) is 29.8 Å². The third kappa shape index (κ3) is 3.60. The van der Waals surface area contributed by atoms with Gasteiger partial charge in [0.15, 0.2) is 11.5 Å². The zero-order valence-electron chi connectivity index (χ0n) is 20.3. The predicted molar refractivity (Wildman–Crippen MR) is 132 cm³/mol. The van der Waals surface area contributed by atoms with E-state index in [1.165, 1.54) is 25.3 Å². The van der Waals surface area contributed by atoms with E-state index >= 15 is 0 Å². The maximum Gasteiger partial charge on any atom is 0.357 e. The number of nitro benzene ring substituents is 3. The van der Waals surface area contributed by atoms with E-state index in [9.17, 15) is 30.3 Å². The van der Waals surface area contributed by atoms with Crippen LogP contribution in [-0.4, -0.2) is 34.1 Å².